The molecule has 2 atom stereocenters. The molecule has 1 saturated carbocycles. The van der Waals surface area contributed by atoms with Crippen molar-refractivity contribution in [3.63, 3.8) is 0 Å². The van der Waals surface area contributed by atoms with Crippen LogP contribution in [0.4, 0.5) is 0 Å². The summed E-state index contributed by atoms with van der Waals surface area (Å²) in [6.07, 6.45) is 1.38. The molecule has 2 rings (SSSR count). The second-order valence-electron chi connectivity index (χ2n) is 3.92. The predicted octanol–water partition coefficient (Wildman–Crippen LogP) is 2.08. The Morgan fingerprint density at radius 1 is 1.50 bits per heavy atom. The van der Waals surface area contributed by atoms with Crippen LogP contribution >= 0.6 is 15.9 Å². The van der Waals surface area contributed by atoms with E-state index in [4.69, 9.17) is 4.74 Å². The fourth-order valence-electron chi connectivity index (χ4n) is 2.07. The summed E-state index contributed by atoms with van der Waals surface area (Å²) < 4.78 is 5.73. The number of methoxy groups -OCH3 is 1. The average molecular weight is 283 g/mol. The van der Waals surface area contributed by atoms with Gasteiger partial charge in [-0.2, -0.15) is 0 Å². The van der Waals surface area contributed by atoms with Crippen LogP contribution in [0.1, 0.15) is 12.0 Å². The lowest BCUT2D eigenvalue weighted by Crippen LogP contribution is -2.24. The van der Waals surface area contributed by atoms with Crippen molar-refractivity contribution in [1.82, 2.24) is 0 Å². The molecule has 0 N–H and O–H groups in total. The van der Waals surface area contributed by atoms with Crippen LogP contribution in [-0.2, 0) is 19.7 Å². The molecule has 0 bridgehead atoms. The van der Waals surface area contributed by atoms with Crippen molar-refractivity contribution >= 4 is 28.2 Å². The number of carbonyl (C=O) groups excluding carboxylic acids is 2. The van der Waals surface area contributed by atoms with Gasteiger partial charge in [-0.3, -0.25) is 4.79 Å². The molecule has 1 aliphatic rings. The van der Waals surface area contributed by atoms with Gasteiger partial charge in [0, 0.05) is 10.4 Å². The molecule has 1 aliphatic carbocycles. The van der Waals surface area contributed by atoms with E-state index < -0.39 is 5.41 Å². The van der Waals surface area contributed by atoms with Crippen molar-refractivity contribution in [1.29, 1.82) is 0 Å². The van der Waals surface area contributed by atoms with Gasteiger partial charge in [0.25, 0.3) is 0 Å². The molecular weight excluding hydrogens is 272 g/mol. The fraction of sp³-hybridized carbons (Fsp3) is 0.333. The number of hydrogen-bond donors (Lipinski definition) is 0. The lowest BCUT2D eigenvalue weighted by atomic mass is 9.93. The van der Waals surface area contributed by atoms with Gasteiger partial charge in [0.15, 0.2) is 0 Å². The van der Waals surface area contributed by atoms with Crippen LogP contribution in [0.25, 0.3) is 0 Å². The van der Waals surface area contributed by atoms with Gasteiger partial charge < -0.3 is 9.53 Å². The Kier molecular flexibility index (Phi) is 2.84. The third-order valence-electron chi connectivity index (χ3n) is 3.09. The molecule has 0 aromatic heterocycles. The second-order valence-corrected chi connectivity index (χ2v) is 4.83. The highest BCUT2D eigenvalue weighted by atomic mass is 79.9. The Morgan fingerprint density at radius 2 is 2.12 bits per heavy atom. The maximum Gasteiger partial charge on any atom is 0.317 e. The lowest BCUT2D eigenvalue weighted by Gasteiger charge is -2.13. The van der Waals surface area contributed by atoms with Gasteiger partial charge in [-0.05, 0) is 24.1 Å². The van der Waals surface area contributed by atoms with Gasteiger partial charge in [0.05, 0.1) is 7.11 Å². The van der Waals surface area contributed by atoms with Gasteiger partial charge in [-0.15, -0.1) is 0 Å². The van der Waals surface area contributed by atoms with Gasteiger partial charge in [-0.25, -0.2) is 0 Å². The summed E-state index contributed by atoms with van der Waals surface area (Å²) in [7, 11) is 1.35. The molecule has 3 nitrogen and oxygen atoms in total. The molecule has 0 saturated heterocycles. The summed E-state index contributed by atoms with van der Waals surface area (Å²) in [4.78, 5) is 22.6. The molecule has 0 radical (unpaired) electrons. The Balaban J connectivity index is 2.38. The van der Waals surface area contributed by atoms with Crippen LogP contribution < -0.4 is 0 Å². The molecule has 2 unspecified atom stereocenters. The first-order valence-corrected chi connectivity index (χ1v) is 5.74. The number of rotatable bonds is 3. The van der Waals surface area contributed by atoms with Gasteiger partial charge in [0.2, 0.25) is 0 Å². The molecule has 4 heteroatoms. The second kappa shape index (κ2) is 4.01. The first-order chi connectivity index (χ1) is 7.65. The fourth-order valence-corrected chi connectivity index (χ4v) is 2.33. The van der Waals surface area contributed by atoms with Crippen molar-refractivity contribution in [2.24, 2.45) is 5.92 Å². The zero-order valence-corrected chi connectivity index (χ0v) is 10.4. The minimum Gasteiger partial charge on any atom is -0.468 e. The molecule has 0 amide bonds. The lowest BCUT2D eigenvalue weighted by molar-refractivity contribution is -0.144. The maximum absolute atomic E-state index is 11.8. The highest BCUT2D eigenvalue weighted by Crippen LogP contribution is 2.54. The third kappa shape index (κ3) is 1.57. The SMILES string of the molecule is COC(=O)C1(c2ccc(Br)cc2)CC1C=O. The zero-order valence-electron chi connectivity index (χ0n) is 8.77. The molecule has 0 heterocycles. The topological polar surface area (TPSA) is 43.4 Å². The van der Waals surface area contributed by atoms with Gasteiger partial charge in [0.1, 0.15) is 11.7 Å². The first-order valence-electron chi connectivity index (χ1n) is 4.95. The number of ether oxygens (including phenoxy) is 1. The van der Waals surface area contributed by atoms with E-state index in [1.165, 1.54) is 7.11 Å². The van der Waals surface area contributed by atoms with E-state index in [9.17, 15) is 9.59 Å². The van der Waals surface area contributed by atoms with Gasteiger partial charge in [-0.1, -0.05) is 28.1 Å². The van der Waals surface area contributed by atoms with E-state index in [0.29, 0.717) is 6.42 Å². The molecule has 0 spiro atoms. The van der Waals surface area contributed by atoms with Crippen LogP contribution in [0.3, 0.4) is 0 Å². The molecule has 1 fully saturated rings. The summed E-state index contributed by atoms with van der Waals surface area (Å²) in [5, 5.41) is 0. The van der Waals surface area contributed by atoms with Crippen LogP contribution in [0.15, 0.2) is 28.7 Å². The minimum atomic E-state index is -0.739. The van der Waals surface area contributed by atoms with Crippen molar-refractivity contribution in [2.45, 2.75) is 11.8 Å². The number of hydrogen-bond acceptors (Lipinski definition) is 3. The average Bonchev–Trinajstić information content (AvgIpc) is 3.04. The van der Waals surface area contributed by atoms with Crippen molar-refractivity contribution in [2.75, 3.05) is 7.11 Å². The largest absolute Gasteiger partial charge is 0.468 e. The number of aldehydes is 1. The van der Waals surface area contributed by atoms with E-state index in [1.54, 1.807) is 0 Å². The Bertz CT molecular complexity index is 426. The number of carbonyl (C=O) groups is 2. The van der Waals surface area contributed by atoms with Gasteiger partial charge >= 0.3 is 5.97 Å². The normalized spacial score (nSPS) is 27.2. The van der Waals surface area contributed by atoms with E-state index >= 15 is 0 Å². The molecule has 1 aromatic rings. The van der Waals surface area contributed by atoms with Crippen LogP contribution in [0.5, 0.6) is 0 Å². The summed E-state index contributed by atoms with van der Waals surface area (Å²) in [6.45, 7) is 0. The number of halogens is 1. The minimum absolute atomic E-state index is 0.249. The standard InChI is InChI=1S/C12H11BrO3/c1-16-11(15)12(6-9(12)7-14)8-2-4-10(13)5-3-8/h2-5,7,9H,6H2,1H3. The first kappa shape index (κ1) is 11.3. The van der Waals surface area contributed by atoms with Crippen LogP contribution in [0.2, 0.25) is 0 Å². The summed E-state index contributed by atoms with van der Waals surface area (Å²) >= 11 is 3.33. The smallest absolute Gasteiger partial charge is 0.317 e. The van der Waals surface area contributed by atoms with Crippen LogP contribution in [-0.4, -0.2) is 19.4 Å². The Morgan fingerprint density at radius 3 is 2.56 bits per heavy atom. The van der Waals surface area contributed by atoms with E-state index in [2.05, 4.69) is 15.9 Å². The zero-order chi connectivity index (χ0) is 11.8. The Hall–Kier alpha value is -1.16. The van der Waals surface area contributed by atoms with E-state index in [1.807, 2.05) is 24.3 Å². The van der Waals surface area contributed by atoms with Crippen molar-refractivity contribution < 1.29 is 14.3 Å². The third-order valence-corrected chi connectivity index (χ3v) is 3.62. The van der Waals surface area contributed by atoms with Crippen molar-refractivity contribution in [3.05, 3.63) is 34.3 Å². The summed E-state index contributed by atoms with van der Waals surface area (Å²) in [5.74, 6) is -0.576. The molecule has 0 aliphatic heterocycles. The summed E-state index contributed by atoms with van der Waals surface area (Å²) in [5.41, 5.74) is 0.108. The quantitative estimate of drug-likeness (QED) is 0.630. The van der Waals surface area contributed by atoms with Crippen molar-refractivity contribution in [3.8, 4) is 0 Å². The molecule has 1 aromatic carbocycles. The Labute approximate surface area is 102 Å². The van der Waals surface area contributed by atoms with E-state index in [-0.39, 0.29) is 11.9 Å². The molecular formula is C12H11BrO3. The maximum atomic E-state index is 11.8. The molecule has 84 valence electrons. The number of esters is 1. The highest BCUT2D eigenvalue weighted by Gasteiger charge is 2.62. The molecule has 16 heavy (non-hydrogen) atoms. The highest BCUT2D eigenvalue weighted by molar-refractivity contribution is 9.10. The number of benzene rings is 1. The van der Waals surface area contributed by atoms with E-state index in [0.717, 1.165) is 16.3 Å². The predicted molar refractivity (Wildman–Crippen MR) is 62.0 cm³/mol. The monoisotopic (exact) mass is 282 g/mol. The summed E-state index contributed by atoms with van der Waals surface area (Å²) in [6, 6.07) is 7.43. The van der Waals surface area contributed by atoms with Crippen LogP contribution in [0, 0.1) is 5.92 Å².